The van der Waals surface area contributed by atoms with Crippen molar-refractivity contribution in [3.8, 4) is 5.75 Å². The second-order valence-corrected chi connectivity index (χ2v) is 7.52. The Hall–Kier alpha value is -3.25. The molecule has 2 amide bonds. The largest absolute Gasteiger partial charge is 0.508 e. The van der Waals surface area contributed by atoms with Gasteiger partial charge in [0.1, 0.15) is 5.75 Å². The van der Waals surface area contributed by atoms with Crippen molar-refractivity contribution in [1.29, 1.82) is 0 Å². The first-order chi connectivity index (χ1) is 13.6. The van der Waals surface area contributed by atoms with Gasteiger partial charge in [0.2, 0.25) is 0 Å². The molecule has 3 aromatic rings. The van der Waals surface area contributed by atoms with E-state index in [0.29, 0.717) is 29.8 Å². The number of nitrogens with one attached hydrogen (secondary N) is 2. The Bertz CT molecular complexity index is 1050. The third-order valence-electron chi connectivity index (χ3n) is 4.48. The zero-order valence-electron chi connectivity index (χ0n) is 14.9. The van der Waals surface area contributed by atoms with Crippen LogP contribution in [-0.4, -0.2) is 23.5 Å². The van der Waals surface area contributed by atoms with E-state index in [2.05, 4.69) is 10.6 Å². The van der Waals surface area contributed by atoms with Gasteiger partial charge in [-0.1, -0.05) is 36.0 Å². The Labute approximate surface area is 166 Å². The van der Waals surface area contributed by atoms with Crippen molar-refractivity contribution < 1.29 is 14.7 Å². The fourth-order valence-corrected chi connectivity index (χ4v) is 4.00. The molecule has 3 aromatic carbocycles. The highest BCUT2D eigenvalue weighted by Crippen LogP contribution is 2.38. The lowest BCUT2D eigenvalue weighted by atomic mass is 10.1. The first-order valence-corrected chi connectivity index (χ1v) is 9.70. The van der Waals surface area contributed by atoms with Gasteiger partial charge in [0.05, 0.1) is 11.3 Å². The van der Waals surface area contributed by atoms with Gasteiger partial charge in [-0.25, -0.2) is 0 Å². The average molecular weight is 390 g/mol. The molecule has 6 heteroatoms. The molecule has 0 bridgehead atoms. The first kappa shape index (κ1) is 18.1. The second kappa shape index (κ2) is 7.78. The van der Waals surface area contributed by atoms with Crippen molar-refractivity contribution in [3.63, 3.8) is 0 Å². The van der Waals surface area contributed by atoms with Gasteiger partial charge in [0.25, 0.3) is 11.8 Å². The quantitative estimate of drug-likeness (QED) is 0.627. The van der Waals surface area contributed by atoms with Crippen LogP contribution in [-0.2, 0) is 6.42 Å². The maximum Gasteiger partial charge on any atom is 0.256 e. The molecule has 140 valence electrons. The fourth-order valence-electron chi connectivity index (χ4n) is 2.99. The van der Waals surface area contributed by atoms with Crippen LogP contribution in [0.2, 0.25) is 0 Å². The first-order valence-electron chi connectivity index (χ1n) is 8.88. The number of carbonyl (C=O) groups excluding carboxylic acids is 2. The van der Waals surface area contributed by atoms with Gasteiger partial charge in [0.15, 0.2) is 0 Å². The highest BCUT2D eigenvalue weighted by atomic mass is 32.2. The number of amides is 2. The lowest BCUT2D eigenvalue weighted by Gasteiger charge is -2.10. The summed E-state index contributed by atoms with van der Waals surface area (Å²) in [7, 11) is 0. The van der Waals surface area contributed by atoms with E-state index in [0.717, 1.165) is 15.4 Å². The van der Waals surface area contributed by atoms with Gasteiger partial charge in [-0.05, 0) is 54.4 Å². The third-order valence-corrected chi connectivity index (χ3v) is 5.63. The molecule has 0 atom stereocenters. The highest BCUT2D eigenvalue weighted by molar-refractivity contribution is 7.99. The van der Waals surface area contributed by atoms with Gasteiger partial charge < -0.3 is 15.7 Å². The van der Waals surface area contributed by atoms with E-state index in [-0.39, 0.29) is 17.6 Å². The monoisotopic (exact) mass is 390 g/mol. The van der Waals surface area contributed by atoms with Crippen molar-refractivity contribution >= 4 is 29.3 Å². The van der Waals surface area contributed by atoms with E-state index in [4.69, 9.17) is 0 Å². The number of anilines is 1. The van der Waals surface area contributed by atoms with Crippen LogP contribution in [0.1, 0.15) is 26.3 Å². The zero-order chi connectivity index (χ0) is 19.5. The van der Waals surface area contributed by atoms with Gasteiger partial charge in [-0.3, -0.25) is 9.59 Å². The van der Waals surface area contributed by atoms with Crippen molar-refractivity contribution in [2.24, 2.45) is 0 Å². The number of aromatic hydroxyl groups is 1. The highest BCUT2D eigenvalue weighted by Gasteiger charge is 2.20. The number of phenolic OH excluding ortho intramolecular Hbond substituents is 1. The van der Waals surface area contributed by atoms with E-state index >= 15 is 0 Å². The number of rotatable bonds is 4. The van der Waals surface area contributed by atoms with E-state index < -0.39 is 0 Å². The average Bonchev–Trinajstić information content (AvgIpc) is 2.84. The van der Waals surface area contributed by atoms with Gasteiger partial charge in [-0.2, -0.15) is 0 Å². The Kier molecular flexibility index (Phi) is 5.04. The van der Waals surface area contributed by atoms with Crippen molar-refractivity contribution in [3.05, 3.63) is 83.4 Å². The summed E-state index contributed by atoms with van der Waals surface area (Å²) in [5.41, 5.74) is 2.79. The molecule has 0 radical (unpaired) electrons. The maximum atomic E-state index is 12.5. The van der Waals surface area contributed by atoms with Crippen LogP contribution >= 0.6 is 11.8 Å². The minimum Gasteiger partial charge on any atom is -0.508 e. The van der Waals surface area contributed by atoms with Crippen molar-refractivity contribution in [1.82, 2.24) is 5.32 Å². The summed E-state index contributed by atoms with van der Waals surface area (Å²) in [6.07, 6.45) is 0.666. The summed E-state index contributed by atoms with van der Waals surface area (Å²) in [6, 6.07) is 19.7. The fraction of sp³-hybridized carbons (Fsp3) is 0.0909. The number of hydrogen-bond acceptors (Lipinski definition) is 4. The topological polar surface area (TPSA) is 78.4 Å². The predicted molar refractivity (Wildman–Crippen MR) is 109 cm³/mol. The lowest BCUT2D eigenvalue weighted by molar-refractivity contribution is 0.0952. The molecular formula is C22H18N2O3S. The molecule has 0 saturated carbocycles. The van der Waals surface area contributed by atoms with Crippen LogP contribution < -0.4 is 10.6 Å². The molecule has 5 nitrogen and oxygen atoms in total. The van der Waals surface area contributed by atoms with E-state index in [1.165, 1.54) is 11.8 Å². The van der Waals surface area contributed by atoms with Crippen molar-refractivity contribution in [2.75, 3.05) is 11.9 Å². The Morgan fingerprint density at radius 2 is 1.79 bits per heavy atom. The standard InChI is InChI=1S/C22H18N2O3S/c25-16-8-5-14(6-9-16)11-12-23-21(26)15-7-10-20-18(13-15)24-22(27)17-3-1-2-4-19(17)28-20/h1-10,13,25H,11-12H2,(H,23,26)(H,24,27). The zero-order valence-corrected chi connectivity index (χ0v) is 15.8. The molecule has 4 rings (SSSR count). The number of phenols is 1. The molecule has 3 N–H and O–H groups in total. The van der Waals surface area contributed by atoms with E-state index in [1.54, 1.807) is 30.3 Å². The van der Waals surface area contributed by atoms with E-state index in [1.807, 2.05) is 36.4 Å². The minimum atomic E-state index is -0.192. The molecular weight excluding hydrogens is 372 g/mol. The second-order valence-electron chi connectivity index (χ2n) is 6.44. The van der Waals surface area contributed by atoms with Gasteiger partial charge in [0, 0.05) is 21.9 Å². The van der Waals surface area contributed by atoms with E-state index in [9.17, 15) is 14.7 Å². The number of hydrogen-bond donors (Lipinski definition) is 3. The Morgan fingerprint density at radius 1 is 1.00 bits per heavy atom. The number of fused-ring (bicyclic) bond motifs is 2. The summed E-state index contributed by atoms with van der Waals surface area (Å²) >= 11 is 1.51. The SMILES string of the molecule is O=C(NCCc1ccc(O)cc1)c1ccc2c(c1)NC(=O)c1ccccc1S2. The third kappa shape index (κ3) is 3.87. The normalized spacial score (nSPS) is 12.4. The Balaban J connectivity index is 1.45. The van der Waals surface area contributed by atoms with Crippen molar-refractivity contribution in [2.45, 2.75) is 16.2 Å². The molecule has 1 heterocycles. The van der Waals surface area contributed by atoms with Crippen LogP contribution in [0.15, 0.2) is 76.5 Å². The molecule has 1 aliphatic heterocycles. The van der Waals surface area contributed by atoms with Crippen LogP contribution in [0.25, 0.3) is 0 Å². The summed E-state index contributed by atoms with van der Waals surface area (Å²) in [6.45, 7) is 0.479. The Morgan fingerprint density at radius 3 is 2.61 bits per heavy atom. The summed E-state index contributed by atoms with van der Waals surface area (Å²) < 4.78 is 0. The predicted octanol–water partition coefficient (Wildman–Crippen LogP) is 4.08. The van der Waals surface area contributed by atoms with Crippen LogP contribution in [0.4, 0.5) is 5.69 Å². The van der Waals surface area contributed by atoms with Gasteiger partial charge in [-0.15, -0.1) is 0 Å². The molecule has 0 fully saturated rings. The molecule has 0 saturated heterocycles. The maximum absolute atomic E-state index is 12.5. The van der Waals surface area contributed by atoms with Gasteiger partial charge >= 0.3 is 0 Å². The smallest absolute Gasteiger partial charge is 0.256 e. The summed E-state index contributed by atoms with van der Waals surface area (Å²) in [4.78, 5) is 26.7. The molecule has 0 aromatic heterocycles. The van der Waals surface area contributed by atoms with Crippen LogP contribution in [0.5, 0.6) is 5.75 Å². The summed E-state index contributed by atoms with van der Waals surface area (Å²) in [5, 5.41) is 15.1. The number of benzene rings is 3. The number of carbonyl (C=O) groups is 2. The molecule has 28 heavy (non-hydrogen) atoms. The lowest BCUT2D eigenvalue weighted by Crippen LogP contribution is -2.25. The molecule has 0 spiro atoms. The minimum absolute atomic E-state index is 0.174. The molecule has 0 aliphatic carbocycles. The summed E-state index contributed by atoms with van der Waals surface area (Å²) in [5.74, 6) is -0.144. The molecule has 0 unspecified atom stereocenters. The molecule has 1 aliphatic rings. The van der Waals surface area contributed by atoms with Crippen LogP contribution in [0, 0.1) is 0 Å². The van der Waals surface area contributed by atoms with Crippen LogP contribution in [0.3, 0.4) is 0 Å².